The van der Waals surface area contributed by atoms with Crippen molar-refractivity contribution in [3.63, 3.8) is 0 Å². The molecule has 41 heavy (non-hydrogen) atoms. The minimum absolute atomic E-state index is 0.0486. The molecule has 1 unspecified atom stereocenters. The molecule has 3 aromatic rings. The van der Waals surface area contributed by atoms with E-state index in [1.165, 1.54) is 12.1 Å². The number of hydrogen-bond donors (Lipinski definition) is 0. The molecule has 4 heterocycles. The number of anilines is 2. The Hall–Kier alpha value is -3.83. The van der Waals surface area contributed by atoms with Crippen LogP contribution in [0.5, 0.6) is 0 Å². The highest BCUT2D eigenvalue weighted by atomic mass is 35.5. The van der Waals surface area contributed by atoms with E-state index in [2.05, 4.69) is 16.0 Å². The van der Waals surface area contributed by atoms with Crippen molar-refractivity contribution in [3.05, 3.63) is 82.9 Å². The van der Waals surface area contributed by atoms with Crippen molar-refractivity contribution in [3.8, 4) is 11.3 Å². The predicted octanol–water partition coefficient (Wildman–Crippen LogP) is 5.23. The lowest BCUT2D eigenvalue weighted by Crippen LogP contribution is -2.56. The third kappa shape index (κ3) is 5.08. The fourth-order valence-corrected chi connectivity index (χ4v) is 6.82. The number of pyridine rings is 2. The lowest BCUT2D eigenvalue weighted by atomic mass is 10.0. The largest absolute Gasteiger partial charge is 0.352 e. The molecule has 5 rings (SSSR count). The molecule has 12 heteroatoms. The Kier molecular flexibility index (Phi) is 7.60. The summed E-state index contributed by atoms with van der Waals surface area (Å²) in [5, 5.41) is 0.140. The van der Waals surface area contributed by atoms with E-state index in [0.29, 0.717) is 42.1 Å². The summed E-state index contributed by atoms with van der Waals surface area (Å²) >= 11 is 6.72. The van der Waals surface area contributed by atoms with Crippen LogP contribution in [0, 0.1) is 12.7 Å². The van der Waals surface area contributed by atoms with Gasteiger partial charge >= 0.3 is 10.2 Å². The smallest absolute Gasteiger partial charge is 0.349 e. The van der Waals surface area contributed by atoms with Gasteiger partial charge in [0.25, 0.3) is 0 Å². The molecule has 1 saturated heterocycles. The zero-order chi connectivity index (χ0) is 29.6. The second-order valence-electron chi connectivity index (χ2n) is 10.4. The molecule has 0 spiro atoms. The van der Waals surface area contributed by atoms with Crippen LogP contribution in [0.25, 0.3) is 11.3 Å². The minimum atomic E-state index is -4.40. The number of aromatic nitrogens is 2. The van der Waals surface area contributed by atoms with E-state index >= 15 is 0 Å². The third-order valence-electron chi connectivity index (χ3n) is 7.24. The van der Waals surface area contributed by atoms with Gasteiger partial charge in [0, 0.05) is 37.4 Å². The van der Waals surface area contributed by atoms with Crippen molar-refractivity contribution in [1.82, 2.24) is 19.8 Å². The molecule has 1 aromatic carbocycles. The number of aryl methyl sites for hydroxylation is 1. The summed E-state index contributed by atoms with van der Waals surface area (Å²) in [5.74, 6) is -0.654. The molecular formula is C29H30ClFN6O3S. The molecule has 214 valence electrons. The van der Waals surface area contributed by atoms with E-state index in [1.807, 2.05) is 25.7 Å². The number of carbonyl (C=O) groups is 1. The SMILES string of the molecule is C=CC(=O)N1CCN(C2=NS(=O)(=O)N(c3c(C)ccnc3C(C)C)c3nc(-c4ccccc4F)c(Cl)cc32)C(C)C1. The van der Waals surface area contributed by atoms with Crippen molar-refractivity contribution in [1.29, 1.82) is 0 Å². The minimum Gasteiger partial charge on any atom is -0.349 e. The highest BCUT2D eigenvalue weighted by molar-refractivity contribution is 7.92. The lowest BCUT2D eigenvalue weighted by molar-refractivity contribution is -0.128. The molecule has 2 aliphatic heterocycles. The van der Waals surface area contributed by atoms with Gasteiger partial charge in [-0.25, -0.2) is 9.37 Å². The van der Waals surface area contributed by atoms with Gasteiger partial charge in [0.15, 0.2) is 11.7 Å². The van der Waals surface area contributed by atoms with E-state index in [-0.39, 0.29) is 45.8 Å². The van der Waals surface area contributed by atoms with Gasteiger partial charge < -0.3 is 9.80 Å². The summed E-state index contributed by atoms with van der Waals surface area (Å²) in [7, 11) is -4.40. The maximum absolute atomic E-state index is 14.9. The van der Waals surface area contributed by atoms with E-state index in [1.54, 1.807) is 48.4 Å². The Morgan fingerprint density at radius 3 is 2.59 bits per heavy atom. The van der Waals surface area contributed by atoms with E-state index < -0.39 is 16.0 Å². The number of amidine groups is 1. The van der Waals surface area contributed by atoms with Crippen LogP contribution in [-0.4, -0.2) is 65.6 Å². The summed E-state index contributed by atoms with van der Waals surface area (Å²) in [6.07, 6.45) is 2.89. The van der Waals surface area contributed by atoms with Crippen LogP contribution in [0.3, 0.4) is 0 Å². The molecule has 2 aromatic heterocycles. The first-order chi connectivity index (χ1) is 19.4. The second kappa shape index (κ2) is 10.9. The molecule has 1 amide bonds. The molecular weight excluding hydrogens is 567 g/mol. The number of amides is 1. The van der Waals surface area contributed by atoms with Gasteiger partial charge in [-0.15, -0.1) is 4.40 Å². The van der Waals surface area contributed by atoms with E-state index in [0.717, 1.165) is 4.31 Å². The van der Waals surface area contributed by atoms with Crippen molar-refractivity contribution in [2.75, 3.05) is 23.9 Å². The molecule has 1 atom stereocenters. The Morgan fingerprint density at radius 2 is 1.93 bits per heavy atom. The van der Waals surface area contributed by atoms with Gasteiger partial charge in [-0.3, -0.25) is 9.78 Å². The van der Waals surface area contributed by atoms with Crippen LogP contribution in [0.15, 0.2) is 59.6 Å². The van der Waals surface area contributed by atoms with E-state index in [9.17, 15) is 17.6 Å². The number of rotatable bonds is 4. The van der Waals surface area contributed by atoms with Crippen LogP contribution in [0.4, 0.5) is 15.9 Å². The second-order valence-corrected chi connectivity index (χ2v) is 12.2. The number of hydrogen-bond acceptors (Lipinski definition) is 6. The van der Waals surface area contributed by atoms with Gasteiger partial charge in [0.1, 0.15) is 5.82 Å². The Morgan fingerprint density at radius 1 is 1.20 bits per heavy atom. The molecule has 1 fully saturated rings. The van der Waals surface area contributed by atoms with Gasteiger partial charge in [0.05, 0.1) is 27.7 Å². The monoisotopic (exact) mass is 596 g/mol. The van der Waals surface area contributed by atoms with Crippen molar-refractivity contribution >= 4 is 45.1 Å². The molecule has 0 saturated carbocycles. The van der Waals surface area contributed by atoms with Crippen LogP contribution < -0.4 is 4.31 Å². The number of halogens is 2. The Balaban J connectivity index is 1.76. The molecule has 9 nitrogen and oxygen atoms in total. The maximum Gasteiger partial charge on any atom is 0.352 e. The normalized spacial score (nSPS) is 18.3. The molecule has 0 aliphatic carbocycles. The first-order valence-corrected chi connectivity index (χ1v) is 15.0. The van der Waals surface area contributed by atoms with E-state index in [4.69, 9.17) is 16.6 Å². The van der Waals surface area contributed by atoms with Crippen molar-refractivity contribution < 1.29 is 17.6 Å². The average molecular weight is 597 g/mol. The summed E-state index contributed by atoms with van der Waals surface area (Å²) in [6, 6.07) is 9.07. The van der Waals surface area contributed by atoms with Gasteiger partial charge in [-0.2, -0.15) is 12.7 Å². The predicted molar refractivity (Wildman–Crippen MR) is 158 cm³/mol. The first kappa shape index (κ1) is 28.7. The van der Waals surface area contributed by atoms with Crippen molar-refractivity contribution in [2.45, 2.75) is 39.7 Å². The van der Waals surface area contributed by atoms with Crippen LogP contribution in [-0.2, 0) is 15.0 Å². The molecule has 0 bridgehead atoms. The standard InChI is InChI=1S/C29H30ClFN6O3S/c1-6-24(38)35-13-14-36(19(5)16-35)29-21-15-22(30)26(20-9-7-8-10-23(20)31)33-28(21)37(41(39,40)34-29)27-18(4)11-12-32-25(27)17(2)3/h6-12,15,17,19H,1,13-14,16H2,2-5H3. The number of piperazine rings is 1. The van der Waals surface area contributed by atoms with Crippen molar-refractivity contribution in [2.24, 2.45) is 4.40 Å². The topological polar surface area (TPSA) is 99.1 Å². The maximum atomic E-state index is 14.9. The first-order valence-electron chi connectivity index (χ1n) is 13.2. The summed E-state index contributed by atoms with van der Waals surface area (Å²) < 4.78 is 48.5. The summed E-state index contributed by atoms with van der Waals surface area (Å²) in [4.78, 5) is 25.0. The fraction of sp³-hybridized carbons (Fsp3) is 0.310. The fourth-order valence-electron chi connectivity index (χ4n) is 5.24. The molecule has 2 aliphatic rings. The summed E-state index contributed by atoms with van der Waals surface area (Å²) in [6.45, 7) is 12.1. The Labute approximate surface area is 244 Å². The van der Waals surface area contributed by atoms with Crippen LogP contribution in [0.2, 0.25) is 5.02 Å². The average Bonchev–Trinajstić information content (AvgIpc) is 2.92. The number of carbonyl (C=O) groups excluding carboxylic acids is 1. The van der Waals surface area contributed by atoms with Gasteiger partial charge in [-0.05, 0) is 55.7 Å². The highest BCUT2D eigenvalue weighted by Crippen LogP contribution is 2.43. The number of benzene rings is 1. The quantitative estimate of drug-likeness (QED) is 0.383. The van der Waals surface area contributed by atoms with Crippen LogP contribution >= 0.6 is 11.6 Å². The highest BCUT2D eigenvalue weighted by Gasteiger charge is 2.41. The zero-order valence-corrected chi connectivity index (χ0v) is 24.7. The number of fused-ring (bicyclic) bond motifs is 1. The van der Waals surface area contributed by atoms with Gasteiger partial charge in [0.2, 0.25) is 5.91 Å². The third-order valence-corrected chi connectivity index (χ3v) is 8.75. The zero-order valence-electron chi connectivity index (χ0n) is 23.2. The Bertz CT molecular complexity index is 1690. The summed E-state index contributed by atoms with van der Waals surface area (Å²) in [5.41, 5.74) is 2.16. The van der Waals surface area contributed by atoms with Gasteiger partial charge in [-0.1, -0.05) is 44.2 Å². The van der Waals surface area contributed by atoms with Crippen LogP contribution in [0.1, 0.15) is 43.5 Å². The molecule has 0 radical (unpaired) electrons. The number of nitrogens with zero attached hydrogens (tertiary/aromatic N) is 6. The molecule has 0 N–H and O–H groups in total. The lowest BCUT2D eigenvalue weighted by Gasteiger charge is -2.43.